The van der Waals surface area contributed by atoms with Crippen LogP contribution in [0.2, 0.25) is 0 Å². The second-order valence-electron chi connectivity index (χ2n) is 4.75. The first-order valence-electron chi connectivity index (χ1n) is 5.68. The van der Waals surface area contributed by atoms with Gasteiger partial charge in [-0.15, -0.1) is 0 Å². The molecule has 0 aromatic rings. The summed E-state index contributed by atoms with van der Waals surface area (Å²) in [5.74, 6) is 0.0908. The SMILES string of the molecule is CCC(C)NCC(=O)N1CCC(C)(O)C1. The van der Waals surface area contributed by atoms with E-state index in [9.17, 15) is 9.90 Å². The summed E-state index contributed by atoms with van der Waals surface area (Å²) in [6, 6.07) is 0.372. The van der Waals surface area contributed by atoms with E-state index in [2.05, 4.69) is 19.2 Å². The van der Waals surface area contributed by atoms with E-state index in [4.69, 9.17) is 0 Å². The molecule has 1 heterocycles. The number of nitrogens with zero attached hydrogens (tertiary/aromatic N) is 1. The summed E-state index contributed by atoms with van der Waals surface area (Å²) in [4.78, 5) is 13.4. The normalized spacial score (nSPS) is 28.1. The van der Waals surface area contributed by atoms with Crippen LogP contribution >= 0.6 is 0 Å². The van der Waals surface area contributed by atoms with Crippen LogP contribution in [0.3, 0.4) is 0 Å². The number of rotatable bonds is 4. The summed E-state index contributed by atoms with van der Waals surface area (Å²) in [7, 11) is 0. The zero-order chi connectivity index (χ0) is 11.5. The molecule has 1 aliphatic heterocycles. The number of carbonyl (C=O) groups is 1. The van der Waals surface area contributed by atoms with Gasteiger partial charge in [0, 0.05) is 19.1 Å². The molecule has 2 N–H and O–H groups in total. The molecule has 15 heavy (non-hydrogen) atoms. The first-order chi connectivity index (χ1) is 6.94. The van der Waals surface area contributed by atoms with Crippen molar-refractivity contribution in [1.29, 1.82) is 0 Å². The molecule has 0 aromatic carbocycles. The second kappa shape index (κ2) is 4.94. The van der Waals surface area contributed by atoms with Gasteiger partial charge in [-0.25, -0.2) is 0 Å². The smallest absolute Gasteiger partial charge is 0.236 e. The van der Waals surface area contributed by atoms with E-state index in [0.717, 1.165) is 6.42 Å². The molecule has 1 aliphatic rings. The lowest BCUT2D eigenvalue weighted by atomic mass is 10.1. The number of likely N-dealkylation sites (tertiary alicyclic amines) is 1. The monoisotopic (exact) mass is 214 g/mol. The molecule has 0 aliphatic carbocycles. The molecule has 1 fully saturated rings. The minimum Gasteiger partial charge on any atom is -0.388 e. The van der Waals surface area contributed by atoms with Crippen LogP contribution in [-0.4, -0.2) is 47.2 Å². The number of carbonyl (C=O) groups excluding carboxylic acids is 1. The molecule has 0 bridgehead atoms. The van der Waals surface area contributed by atoms with Crippen LogP contribution in [0.15, 0.2) is 0 Å². The van der Waals surface area contributed by atoms with Gasteiger partial charge in [-0.2, -0.15) is 0 Å². The third kappa shape index (κ3) is 3.80. The van der Waals surface area contributed by atoms with E-state index < -0.39 is 5.60 Å². The average molecular weight is 214 g/mol. The molecule has 1 saturated heterocycles. The summed E-state index contributed by atoms with van der Waals surface area (Å²) in [6.07, 6.45) is 1.70. The number of aliphatic hydroxyl groups is 1. The lowest BCUT2D eigenvalue weighted by Gasteiger charge is -2.20. The molecular formula is C11H22N2O2. The van der Waals surface area contributed by atoms with Gasteiger partial charge in [0.25, 0.3) is 0 Å². The molecule has 1 rings (SSSR count). The van der Waals surface area contributed by atoms with Gasteiger partial charge in [-0.3, -0.25) is 4.79 Å². The first kappa shape index (κ1) is 12.5. The van der Waals surface area contributed by atoms with E-state index in [1.807, 2.05) is 0 Å². The molecule has 0 saturated carbocycles. The fraction of sp³-hybridized carbons (Fsp3) is 0.909. The molecule has 2 unspecified atom stereocenters. The Morgan fingerprint density at radius 1 is 1.67 bits per heavy atom. The highest BCUT2D eigenvalue weighted by Gasteiger charge is 2.33. The van der Waals surface area contributed by atoms with Crippen LogP contribution < -0.4 is 5.32 Å². The maximum Gasteiger partial charge on any atom is 0.236 e. The van der Waals surface area contributed by atoms with Crippen molar-refractivity contribution in [2.24, 2.45) is 0 Å². The van der Waals surface area contributed by atoms with Gasteiger partial charge >= 0.3 is 0 Å². The van der Waals surface area contributed by atoms with Crippen molar-refractivity contribution >= 4 is 5.91 Å². The summed E-state index contributed by atoms with van der Waals surface area (Å²) in [6.45, 7) is 7.45. The van der Waals surface area contributed by atoms with Crippen LogP contribution in [0.4, 0.5) is 0 Å². The van der Waals surface area contributed by atoms with Crippen LogP contribution in [0, 0.1) is 0 Å². The van der Waals surface area contributed by atoms with Crippen LogP contribution in [-0.2, 0) is 4.79 Å². The van der Waals surface area contributed by atoms with Gasteiger partial charge in [-0.1, -0.05) is 6.92 Å². The summed E-state index contributed by atoms with van der Waals surface area (Å²) >= 11 is 0. The highest BCUT2D eigenvalue weighted by molar-refractivity contribution is 5.78. The zero-order valence-corrected chi connectivity index (χ0v) is 9.92. The molecule has 4 heteroatoms. The predicted molar refractivity (Wildman–Crippen MR) is 59.6 cm³/mol. The Labute approximate surface area is 91.6 Å². The third-order valence-corrected chi connectivity index (χ3v) is 3.02. The van der Waals surface area contributed by atoms with Gasteiger partial charge in [0.15, 0.2) is 0 Å². The van der Waals surface area contributed by atoms with Crippen LogP contribution in [0.1, 0.15) is 33.6 Å². The quantitative estimate of drug-likeness (QED) is 0.710. The molecule has 88 valence electrons. The lowest BCUT2D eigenvalue weighted by molar-refractivity contribution is -0.130. The highest BCUT2D eigenvalue weighted by atomic mass is 16.3. The van der Waals surface area contributed by atoms with E-state index >= 15 is 0 Å². The average Bonchev–Trinajstić information content (AvgIpc) is 2.54. The van der Waals surface area contributed by atoms with Crippen molar-refractivity contribution in [3.8, 4) is 0 Å². The Hall–Kier alpha value is -0.610. The molecular weight excluding hydrogens is 192 g/mol. The van der Waals surface area contributed by atoms with Crippen molar-refractivity contribution < 1.29 is 9.90 Å². The minimum absolute atomic E-state index is 0.0908. The standard InChI is InChI=1S/C11H22N2O2/c1-4-9(2)12-7-10(14)13-6-5-11(3,15)8-13/h9,12,15H,4-8H2,1-3H3. The number of amides is 1. The van der Waals surface area contributed by atoms with Crippen LogP contribution in [0.25, 0.3) is 0 Å². The first-order valence-corrected chi connectivity index (χ1v) is 5.68. The van der Waals surface area contributed by atoms with E-state index in [1.165, 1.54) is 0 Å². The van der Waals surface area contributed by atoms with Gasteiger partial charge in [-0.05, 0) is 26.7 Å². The molecule has 4 nitrogen and oxygen atoms in total. The van der Waals surface area contributed by atoms with Gasteiger partial charge < -0.3 is 15.3 Å². The van der Waals surface area contributed by atoms with Crippen molar-refractivity contribution in [2.75, 3.05) is 19.6 Å². The topological polar surface area (TPSA) is 52.6 Å². The molecule has 2 atom stereocenters. The van der Waals surface area contributed by atoms with Crippen LogP contribution in [0.5, 0.6) is 0 Å². The Morgan fingerprint density at radius 2 is 2.33 bits per heavy atom. The zero-order valence-electron chi connectivity index (χ0n) is 9.92. The Balaban J connectivity index is 2.30. The van der Waals surface area contributed by atoms with Crippen molar-refractivity contribution in [1.82, 2.24) is 10.2 Å². The molecule has 0 aromatic heterocycles. The van der Waals surface area contributed by atoms with E-state index in [0.29, 0.717) is 32.1 Å². The Bertz CT molecular complexity index is 229. The molecule has 0 radical (unpaired) electrons. The molecule has 1 amide bonds. The maximum atomic E-state index is 11.7. The fourth-order valence-electron chi connectivity index (χ4n) is 1.68. The summed E-state index contributed by atoms with van der Waals surface area (Å²) in [5.41, 5.74) is -0.688. The van der Waals surface area contributed by atoms with Gasteiger partial charge in [0.1, 0.15) is 0 Å². The fourth-order valence-corrected chi connectivity index (χ4v) is 1.68. The lowest BCUT2D eigenvalue weighted by Crippen LogP contribution is -2.41. The number of hydrogen-bond donors (Lipinski definition) is 2. The highest BCUT2D eigenvalue weighted by Crippen LogP contribution is 2.19. The minimum atomic E-state index is -0.688. The third-order valence-electron chi connectivity index (χ3n) is 3.02. The summed E-state index contributed by atoms with van der Waals surface area (Å²) < 4.78 is 0. The maximum absolute atomic E-state index is 11.7. The number of nitrogens with one attached hydrogen (secondary N) is 1. The largest absolute Gasteiger partial charge is 0.388 e. The number of hydrogen-bond acceptors (Lipinski definition) is 3. The van der Waals surface area contributed by atoms with Crippen molar-refractivity contribution in [3.05, 3.63) is 0 Å². The van der Waals surface area contributed by atoms with Gasteiger partial charge in [0.05, 0.1) is 12.1 Å². The predicted octanol–water partition coefficient (Wildman–Crippen LogP) is 0.358. The van der Waals surface area contributed by atoms with Crippen molar-refractivity contribution in [3.63, 3.8) is 0 Å². The Morgan fingerprint density at radius 3 is 2.80 bits per heavy atom. The van der Waals surface area contributed by atoms with Gasteiger partial charge in [0.2, 0.25) is 5.91 Å². The second-order valence-corrected chi connectivity index (χ2v) is 4.75. The van der Waals surface area contributed by atoms with E-state index in [1.54, 1.807) is 11.8 Å². The Kier molecular flexibility index (Phi) is 4.11. The summed E-state index contributed by atoms with van der Waals surface area (Å²) in [5, 5.41) is 12.9. The van der Waals surface area contributed by atoms with E-state index in [-0.39, 0.29) is 5.91 Å². The molecule has 0 spiro atoms. The van der Waals surface area contributed by atoms with Crippen molar-refractivity contribution in [2.45, 2.75) is 45.3 Å². The number of β-amino-alcohol motifs (C(OH)–C–C–N with tert-alkyl or cyclic N) is 1.